The van der Waals surface area contributed by atoms with Gasteiger partial charge in [-0.25, -0.2) is 13.8 Å². The van der Waals surface area contributed by atoms with Crippen molar-refractivity contribution in [2.75, 3.05) is 6.61 Å². The number of esters is 1. The van der Waals surface area contributed by atoms with Gasteiger partial charge in [0.05, 0.1) is 12.7 Å². The Labute approximate surface area is 205 Å². The van der Waals surface area contributed by atoms with E-state index in [2.05, 4.69) is 5.09 Å². The van der Waals surface area contributed by atoms with Crippen molar-refractivity contribution in [1.29, 1.82) is 0 Å². The van der Waals surface area contributed by atoms with Crippen LogP contribution in [0.3, 0.4) is 0 Å². The molecule has 1 aromatic carbocycles. The number of aliphatic hydroxyl groups is 1. The molecule has 1 aliphatic heterocycles. The third-order valence-electron chi connectivity index (χ3n) is 5.26. The van der Waals surface area contributed by atoms with Crippen LogP contribution in [0.2, 0.25) is 0 Å². The van der Waals surface area contributed by atoms with E-state index < -0.39 is 67.8 Å². The van der Waals surface area contributed by atoms with Crippen LogP contribution >= 0.6 is 7.75 Å². The molecule has 1 fully saturated rings. The number of aliphatic hydroxyl groups excluding tert-OH is 1. The molecule has 14 heteroatoms. The lowest BCUT2D eigenvalue weighted by Crippen LogP contribution is -2.43. The average molecular weight is 529 g/mol. The highest BCUT2D eigenvalue weighted by atomic mass is 31.2. The van der Waals surface area contributed by atoms with Crippen molar-refractivity contribution in [3.05, 3.63) is 63.4 Å². The SMILES string of the molecule is CC(C)OC(=O)C(C)N[P@](=O)(OCC1OC(n2ccc(=O)[nH]c2=O)[C@](C)(F)[C@@H]1O)Oc1ccccc1. The van der Waals surface area contributed by atoms with E-state index in [4.69, 9.17) is 18.5 Å². The molecule has 2 heterocycles. The highest BCUT2D eigenvalue weighted by molar-refractivity contribution is 7.52. The quantitative estimate of drug-likeness (QED) is 0.305. The summed E-state index contributed by atoms with van der Waals surface area (Å²) in [5, 5.41) is 13.0. The van der Waals surface area contributed by atoms with E-state index in [1.807, 2.05) is 4.98 Å². The molecule has 0 aliphatic carbocycles. The van der Waals surface area contributed by atoms with Gasteiger partial charge in [0.2, 0.25) is 0 Å². The Kier molecular flexibility index (Phi) is 8.52. The molecule has 0 amide bonds. The first-order chi connectivity index (χ1) is 16.8. The molecule has 198 valence electrons. The van der Waals surface area contributed by atoms with Gasteiger partial charge in [-0.3, -0.25) is 23.7 Å². The molecule has 1 aromatic heterocycles. The maximum absolute atomic E-state index is 15.4. The molecule has 3 N–H and O–H groups in total. The van der Waals surface area contributed by atoms with Crippen LogP contribution < -0.4 is 20.9 Å². The summed E-state index contributed by atoms with van der Waals surface area (Å²) >= 11 is 0. The summed E-state index contributed by atoms with van der Waals surface area (Å²) in [6.07, 6.45) is -4.21. The Hall–Kier alpha value is -2.83. The highest BCUT2D eigenvalue weighted by Crippen LogP contribution is 2.47. The number of para-hydroxylation sites is 1. The van der Waals surface area contributed by atoms with Gasteiger partial charge in [0.1, 0.15) is 24.0 Å². The smallest absolute Gasteiger partial charge is 0.459 e. The van der Waals surface area contributed by atoms with Crippen LogP contribution in [0.1, 0.15) is 33.9 Å². The molecule has 0 radical (unpaired) electrons. The summed E-state index contributed by atoms with van der Waals surface area (Å²) in [6.45, 7) is 5.07. The number of halogens is 1. The minimum atomic E-state index is -4.30. The van der Waals surface area contributed by atoms with Gasteiger partial charge in [0.25, 0.3) is 5.56 Å². The predicted molar refractivity (Wildman–Crippen MR) is 125 cm³/mol. The number of benzene rings is 1. The second-order valence-electron chi connectivity index (χ2n) is 8.67. The standard InChI is InChI=1S/C22H29FN3O9P/c1-13(2)33-19(29)14(3)25-36(31,35-15-8-6-5-7-9-15)32-12-16-18(28)22(4,23)20(34-16)26-11-10-17(27)24-21(26)30/h5-11,13-14,16,18,20,28H,12H2,1-4H3,(H,25,31)(H,24,27,30)/t14?,16?,18-,20?,22-,36+/m1/s1. The molecule has 3 unspecified atom stereocenters. The topological polar surface area (TPSA) is 158 Å². The molecular formula is C22H29FN3O9P. The summed E-state index contributed by atoms with van der Waals surface area (Å²) in [6, 6.07) is 7.86. The Morgan fingerprint density at radius 2 is 1.94 bits per heavy atom. The molecule has 12 nitrogen and oxygen atoms in total. The van der Waals surface area contributed by atoms with Crippen molar-refractivity contribution >= 4 is 13.7 Å². The van der Waals surface area contributed by atoms with Crippen LogP contribution in [0.5, 0.6) is 5.75 Å². The van der Waals surface area contributed by atoms with E-state index in [1.54, 1.807) is 32.0 Å². The summed E-state index contributed by atoms with van der Waals surface area (Å²) in [5.74, 6) is -0.560. The zero-order valence-corrected chi connectivity index (χ0v) is 21.0. The number of carbonyl (C=O) groups excluding carboxylic acids is 1. The summed E-state index contributed by atoms with van der Waals surface area (Å²) < 4.78 is 51.4. The molecule has 0 spiro atoms. The van der Waals surface area contributed by atoms with Gasteiger partial charge in [-0.05, 0) is 39.8 Å². The van der Waals surface area contributed by atoms with Crippen molar-refractivity contribution in [3.63, 3.8) is 0 Å². The van der Waals surface area contributed by atoms with E-state index in [9.17, 15) is 24.1 Å². The number of nitrogens with zero attached hydrogens (tertiary/aromatic N) is 1. The Bertz CT molecular complexity index is 1220. The number of hydrogen-bond acceptors (Lipinski definition) is 9. The summed E-state index contributed by atoms with van der Waals surface area (Å²) in [7, 11) is -4.30. The fraction of sp³-hybridized carbons (Fsp3) is 0.500. The maximum atomic E-state index is 15.4. The number of carbonyl (C=O) groups is 1. The van der Waals surface area contributed by atoms with Crippen LogP contribution in [0.25, 0.3) is 0 Å². The first-order valence-corrected chi connectivity index (χ1v) is 12.7. The Morgan fingerprint density at radius 1 is 1.28 bits per heavy atom. The fourth-order valence-corrected chi connectivity index (χ4v) is 4.97. The number of aromatic nitrogens is 2. The molecule has 3 rings (SSSR count). The second-order valence-corrected chi connectivity index (χ2v) is 10.4. The van der Waals surface area contributed by atoms with Gasteiger partial charge in [-0.1, -0.05) is 18.2 Å². The second kappa shape index (κ2) is 11.1. The lowest BCUT2D eigenvalue weighted by molar-refractivity contribution is -0.149. The Morgan fingerprint density at radius 3 is 2.56 bits per heavy atom. The van der Waals surface area contributed by atoms with Gasteiger partial charge in [-0.2, -0.15) is 5.09 Å². The van der Waals surface area contributed by atoms with Crippen LogP contribution in [0.15, 0.2) is 52.2 Å². The first kappa shape index (κ1) is 27.8. The zero-order chi connectivity index (χ0) is 26.7. The predicted octanol–water partition coefficient (Wildman–Crippen LogP) is 1.66. The van der Waals surface area contributed by atoms with Crippen molar-refractivity contribution in [2.45, 2.75) is 63.9 Å². The van der Waals surface area contributed by atoms with Gasteiger partial charge in [0.15, 0.2) is 11.9 Å². The van der Waals surface area contributed by atoms with E-state index in [0.29, 0.717) is 0 Å². The molecule has 6 atom stereocenters. The fourth-order valence-electron chi connectivity index (χ4n) is 3.47. The van der Waals surface area contributed by atoms with Crippen LogP contribution in [0.4, 0.5) is 4.39 Å². The minimum absolute atomic E-state index is 0.152. The number of aromatic amines is 1. The average Bonchev–Trinajstić information content (AvgIpc) is 3.01. The molecule has 1 aliphatic rings. The monoisotopic (exact) mass is 529 g/mol. The number of hydrogen-bond donors (Lipinski definition) is 3. The van der Waals surface area contributed by atoms with Crippen molar-refractivity contribution in [1.82, 2.24) is 14.6 Å². The Balaban J connectivity index is 1.80. The van der Waals surface area contributed by atoms with Crippen molar-refractivity contribution in [2.24, 2.45) is 0 Å². The number of H-pyrrole nitrogens is 1. The summed E-state index contributed by atoms with van der Waals surface area (Å²) in [4.78, 5) is 37.7. The minimum Gasteiger partial charge on any atom is -0.462 e. The van der Waals surface area contributed by atoms with Crippen LogP contribution in [0, 0.1) is 0 Å². The van der Waals surface area contributed by atoms with Crippen LogP contribution in [-0.4, -0.2) is 57.3 Å². The molecular weight excluding hydrogens is 500 g/mol. The number of rotatable bonds is 10. The van der Waals surface area contributed by atoms with Gasteiger partial charge >= 0.3 is 19.4 Å². The van der Waals surface area contributed by atoms with Crippen molar-refractivity contribution < 1.29 is 37.4 Å². The largest absolute Gasteiger partial charge is 0.462 e. The number of alkyl halides is 1. The van der Waals surface area contributed by atoms with Gasteiger partial charge < -0.3 is 19.1 Å². The van der Waals surface area contributed by atoms with Gasteiger partial charge in [-0.15, -0.1) is 0 Å². The van der Waals surface area contributed by atoms with E-state index in [1.165, 1.54) is 19.1 Å². The normalized spacial score (nSPS) is 26.4. The molecule has 2 aromatic rings. The van der Waals surface area contributed by atoms with E-state index in [-0.39, 0.29) is 5.75 Å². The third-order valence-corrected chi connectivity index (χ3v) is 6.90. The first-order valence-electron chi connectivity index (χ1n) is 11.1. The van der Waals surface area contributed by atoms with Crippen LogP contribution in [-0.2, 0) is 23.4 Å². The van der Waals surface area contributed by atoms with E-state index >= 15 is 4.39 Å². The molecule has 36 heavy (non-hydrogen) atoms. The summed E-state index contributed by atoms with van der Waals surface area (Å²) in [5.41, 5.74) is -4.12. The van der Waals surface area contributed by atoms with Gasteiger partial charge in [0, 0.05) is 12.3 Å². The molecule has 1 saturated heterocycles. The molecule has 0 saturated carbocycles. The third kappa shape index (κ3) is 6.48. The lowest BCUT2D eigenvalue weighted by Gasteiger charge is -2.25. The van der Waals surface area contributed by atoms with E-state index in [0.717, 1.165) is 23.8 Å². The van der Waals surface area contributed by atoms with Crippen molar-refractivity contribution in [3.8, 4) is 5.75 Å². The number of nitrogens with one attached hydrogen (secondary N) is 2. The number of ether oxygens (including phenoxy) is 2. The highest BCUT2D eigenvalue weighted by Gasteiger charge is 2.55. The molecule has 0 bridgehead atoms. The zero-order valence-electron chi connectivity index (χ0n) is 20.1. The maximum Gasteiger partial charge on any atom is 0.459 e. The lowest BCUT2D eigenvalue weighted by atomic mass is 9.98.